The van der Waals surface area contributed by atoms with Crippen LogP contribution in [0.3, 0.4) is 0 Å². The van der Waals surface area contributed by atoms with E-state index in [1.807, 2.05) is 37.4 Å². The number of nitrogens with one attached hydrogen (secondary N) is 4. The van der Waals surface area contributed by atoms with Crippen molar-refractivity contribution in [3.63, 3.8) is 0 Å². The van der Waals surface area contributed by atoms with Crippen LogP contribution in [0.2, 0.25) is 0 Å². The van der Waals surface area contributed by atoms with Crippen LogP contribution in [0.25, 0.3) is 0 Å². The number of carbonyl (C=O) groups is 4. The number of rotatable bonds is 32. The number of hydrogen-bond acceptors (Lipinski definition) is 6. The van der Waals surface area contributed by atoms with Crippen LogP contribution >= 0.6 is 23.5 Å². The van der Waals surface area contributed by atoms with E-state index >= 15 is 0 Å². The predicted molar refractivity (Wildman–Crippen MR) is 231 cm³/mol. The monoisotopic (exact) mass is 769 g/mol. The Hall–Kier alpha value is -2.20. The third kappa shape index (κ3) is 52.2. The minimum absolute atomic E-state index is 0.119. The third-order valence-corrected chi connectivity index (χ3v) is 9.60. The minimum atomic E-state index is 0.119. The highest BCUT2D eigenvalue weighted by Crippen LogP contribution is 2.08. The number of carbonyl (C=O) groups excluding carboxylic acids is 4. The second-order valence-corrected chi connectivity index (χ2v) is 15.1. The van der Waals surface area contributed by atoms with Gasteiger partial charge in [0.2, 0.25) is 23.6 Å². The number of unbranched alkanes of at least 4 members (excludes halogenated alkanes) is 10. The lowest BCUT2D eigenvalue weighted by Crippen LogP contribution is -2.21. The van der Waals surface area contributed by atoms with E-state index in [1.54, 1.807) is 14.1 Å². The molecule has 52 heavy (non-hydrogen) atoms. The van der Waals surface area contributed by atoms with Crippen molar-refractivity contribution >= 4 is 47.2 Å². The van der Waals surface area contributed by atoms with Gasteiger partial charge in [0.05, 0.1) is 0 Å². The van der Waals surface area contributed by atoms with Crippen molar-refractivity contribution in [1.82, 2.24) is 21.3 Å². The lowest BCUT2D eigenvalue weighted by molar-refractivity contribution is -0.121. The fourth-order valence-electron chi connectivity index (χ4n) is 4.61. The highest BCUT2D eigenvalue weighted by atomic mass is 32.2. The van der Waals surface area contributed by atoms with E-state index < -0.39 is 0 Å². The zero-order valence-corrected chi connectivity index (χ0v) is 35.9. The van der Waals surface area contributed by atoms with E-state index in [9.17, 15) is 19.2 Å². The molecule has 0 heterocycles. The summed E-state index contributed by atoms with van der Waals surface area (Å²) in [5.41, 5.74) is 0. The predicted octanol–water partition coefficient (Wildman–Crippen LogP) is 9.70. The maximum Gasteiger partial charge on any atom is 0.219 e. The Bertz CT molecular complexity index is 829. The van der Waals surface area contributed by atoms with E-state index in [-0.39, 0.29) is 23.6 Å². The molecule has 0 rings (SSSR count). The van der Waals surface area contributed by atoms with Crippen LogP contribution in [0.4, 0.5) is 0 Å². The van der Waals surface area contributed by atoms with Crippen molar-refractivity contribution in [2.75, 3.05) is 50.2 Å². The molecule has 0 aromatic rings. The van der Waals surface area contributed by atoms with Crippen LogP contribution in [0.1, 0.15) is 156 Å². The molecule has 0 aromatic carbocycles. The summed E-state index contributed by atoms with van der Waals surface area (Å²) < 4.78 is 0. The first-order valence-corrected chi connectivity index (χ1v) is 22.7. The average molecular weight is 769 g/mol. The van der Waals surface area contributed by atoms with Crippen molar-refractivity contribution < 1.29 is 19.2 Å². The highest BCUT2D eigenvalue weighted by Gasteiger charge is 1.99. The molecule has 0 spiro atoms. The summed E-state index contributed by atoms with van der Waals surface area (Å²) in [6.45, 7) is 9.76. The zero-order chi connectivity index (χ0) is 39.2. The molecule has 4 N–H and O–H groups in total. The Balaban J connectivity index is -0.000000704. The molecule has 0 aliphatic carbocycles. The zero-order valence-electron chi connectivity index (χ0n) is 34.3. The first-order chi connectivity index (χ1) is 25.3. The summed E-state index contributed by atoms with van der Waals surface area (Å²) in [6, 6.07) is 0. The van der Waals surface area contributed by atoms with Gasteiger partial charge < -0.3 is 21.3 Å². The van der Waals surface area contributed by atoms with Crippen LogP contribution in [0.5, 0.6) is 0 Å². The molecule has 0 aliphatic heterocycles. The molecule has 0 radical (unpaired) electrons. The average Bonchev–Trinajstić information content (AvgIpc) is 3.14. The molecular weight excluding hydrogens is 689 g/mol. The summed E-state index contributed by atoms with van der Waals surface area (Å²) in [5.74, 6) is 5.72. The lowest BCUT2D eigenvalue weighted by atomic mass is 10.1. The fourth-order valence-corrected chi connectivity index (χ4v) is 5.93. The van der Waals surface area contributed by atoms with Crippen LogP contribution in [-0.2, 0) is 19.2 Å². The molecule has 304 valence electrons. The molecular formula is C42H80N4O4S2. The summed E-state index contributed by atoms with van der Waals surface area (Å²) in [7, 11) is 3.34. The van der Waals surface area contributed by atoms with Crippen LogP contribution in [0, 0.1) is 0 Å². The van der Waals surface area contributed by atoms with Crippen molar-refractivity contribution in [3.8, 4) is 0 Å². The topological polar surface area (TPSA) is 116 Å². The fraction of sp³-hybridized carbons (Fsp3) is 0.762. The molecule has 0 bridgehead atoms. The Morgan fingerprint density at radius 3 is 0.923 bits per heavy atom. The molecule has 0 aliphatic rings. The van der Waals surface area contributed by atoms with Crippen molar-refractivity contribution in [2.24, 2.45) is 0 Å². The van der Waals surface area contributed by atoms with Crippen LogP contribution < -0.4 is 21.3 Å². The van der Waals surface area contributed by atoms with Gasteiger partial charge in [-0.05, 0) is 140 Å². The van der Waals surface area contributed by atoms with E-state index in [2.05, 4.69) is 71.6 Å². The van der Waals surface area contributed by atoms with Gasteiger partial charge in [0, 0.05) is 52.9 Å². The maximum atomic E-state index is 11.2. The SMILES string of the molecule is CCNC(=O)CCCC/C=C\CCCCC(=O)NCC.CCSCCC/C=C\CCCSCC.CNC(=O)CCCC/C=C\CCCCC(=O)NC. The number of allylic oxidation sites excluding steroid dienone is 6. The summed E-state index contributed by atoms with van der Waals surface area (Å²) in [4.78, 5) is 44.3. The van der Waals surface area contributed by atoms with Crippen LogP contribution in [0.15, 0.2) is 36.5 Å². The Kier molecular flexibility index (Phi) is 50.8. The lowest BCUT2D eigenvalue weighted by Gasteiger charge is -2.01. The smallest absolute Gasteiger partial charge is 0.219 e. The molecule has 4 amide bonds. The third-order valence-electron chi connectivity index (χ3n) is 7.63. The number of amides is 4. The molecule has 0 unspecified atom stereocenters. The van der Waals surface area contributed by atoms with Gasteiger partial charge in [0.15, 0.2) is 0 Å². The largest absolute Gasteiger partial charge is 0.359 e. The first-order valence-electron chi connectivity index (χ1n) is 20.4. The Morgan fingerprint density at radius 2 is 0.673 bits per heavy atom. The summed E-state index contributed by atoms with van der Waals surface area (Å²) in [5, 5.41) is 10.8. The first kappa shape index (κ1) is 54.1. The Morgan fingerprint density at radius 1 is 0.404 bits per heavy atom. The van der Waals surface area contributed by atoms with E-state index in [0.29, 0.717) is 25.7 Å². The number of thioether (sulfide) groups is 2. The van der Waals surface area contributed by atoms with Crippen LogP contribution in [-0.4, -0.2) is 73.8 Å². The van der Waals surface area contributed by atoms with Crippen molar-refractivity contribution in [1.29, 1.82) is 0 Å². The normalized spacial score (nSPS) is 10.8. The van der Waals surface area contributed by atoms with Gasteiger partial charge in [-0.3, -0.25) is 19.2 Å². The molecule has 0 saturated heterocycles. The van der Waals surface area contributed by atoms with Gasteiger partial charge >= 0.3 is 0 Å². The summed E-state index contributed by atoms with van der Waals surface area (Å²) in [6.07, 6.45) is 33.3. The van der Waals surface area contributed by atoms with Crippen molar-refractivity contribution in [3.05, 3.63) is 36.5 Å². The van der Waals surface area contributed by atoms with E-state index in [0.717, 1.165) is 90.1 Å². The van der Waals surface area contributed by atoms with Gasteiger partial charge in [-0.25, -0.2) is 0 Å². The van der Waals surface area contributed by atoms with E-state index in [1.165, 1.54) is 48.7 Å². The second-order valence-electron chi connectivity index (χ2n) is 12.3. The quantitative estimate of drug-likeness (QED) is 0.0400. The maximum absolute atomic E-state index is 11.2. The van der Waals surface area contributed by atoms with Gasteiger partial charge in [0.1, 0.15) is 0 Å². The Labute approximate surface area is 329 Å². The second kappa shape index (κ2) is 48.8. The molecule has 10 heteroatoms. The standard InChI is InChI=1S/C16H30N2O2.C14H26N2O2.C12H24S2/c1-3-17-15(19)13-11-9-7-5-6-8-10-12-14-16(20)18-4-2;1-15-13(17)11-9-7-5-3-4-6-8-10-12-14(18)16-2;1-3-13-11-9-7-5-6-8-10-12-14-4-2/h5-6H,3-4,7-14H2,1-2H3,(H,17,19)(H,18,20);3-4H,5-12H2,1-2H3,(H,15,17)(H,16,18);5-6H,3-4,7-12H2,1-2H3/b6-5-;4-3-;6-5-. The van der Waals surface area contributed by atoms with Crippen molar-refractivity contribution in [2.45, 2.75) is 156 Å². The summed E-state index contributed by atoms with van der Waals surface area (Å²) >= 11 is 4.09. The van der Waals surface area contributed by atoms with Gasteiger partial charge in [0.25, 0.3) is 0 Å². The van der Waals surface area contributed by atoms with Gasteiger partial charge in [-0.15, -0.1) is 0 Å². The molecule has 0 aromatic heterocycles. The molecule has 0 fully saturated rings. The van der Waals surface area contributed by atoms with E-state index in [4.69, 9.17) is 0 Å². The van der Waals surface area contributed by atoms with Gasteiger partial charge in [-0.2, -0.15) is 23.5 Å². The van der Waals surface area contributed by atoms with Gasteiger partial charge in [-0.1, -0.05) is 50.3 Å². The highest BCUT2D eigenvalue weighted by molar-refractivity contribution is 7.99. The molecule has 8 nitrogen and oxygen atoms in total. The molecule has 0 atom stereocenters. The minimum Gasteiger partial charge on any atom is -0.359 e. The number of hydrogen-bond donors (Lipinski definition) is 4. The molecule has 0 saturated carbocycles.